The highest BCUT2D eigenvalue weighted by Gasteiger charge is 2.32. The van der Waals surface area contributed by atoms with E-state index in [2.05, 4.69) is 17.1 Å². The minimum absolute atomic E-state index is 0.0543. The number of fused-ring (bicyclic) bond motifs is 1. The second kappa shape index (κ2) is 11.3. The normalized spacial score (nSPS) is 16.3. The number of carbonyl (C=O) groups excluding carboxylic acids is 1. The van der Waals surface area contributed by atoms with Gasteiger partial charge in [0.25, 0.3) is 5.91 Å². The van der Waals surface area contributed by atoms with Crippen LogP contribution >= 0.6 is 23.1 Å². The maximum absolute atomic E-state index is 13.2. The van der Waals surface area contributed by atoms with Crippen LogP contribution in [0.3, 0.4) is 0 Å². The average molecular weight is 538 g/mol. The van der Waals surface area contributed by atoms with E-state index < -0.39 is 15.8 Å². The summed E-state index contributed by atoms with van der Waals surface area (Å²) >= 11 is 3.14. The molecule has 3 aromatic rings. The second-order valence-corrected chi connectivity index (χ2v) is 12.0. The third-order valence-corrected chi connectivity index (χ3v) is 9.69. The van der Waals surface area contributed by atoms with Crippen molar-refractivity contribution >= 4 is 49.2 Å². The average Bonchev–Trinajstić information content (AvgIpc) is 3.20. The molecule has 1 aliphatic rings. The van der Waals surface area contributed by atoms with Crippen LogP contribution in [0.15, 0.2) is 57.2 Å². The number of thioether (sulfide) groups is 1. The number of hydrogen-bond donors (Lipinski definition) is 0. The zero-order valence-corrected chi connectivity index (χ0v) is 22.1. The molecule has 188 valence electrons. The molecule has 0 radical (unpaired) electrons. The predicted octanol–water partition coefficient (Wildman–Crippen LogP) is 4.13. The number of halogens is 1. The highest BCUT2D eigenvalue weighted by molar-refractivity contribution is 7.98. The summed E-state index contributed by atoms with van der Waals surface area (Å²) in [6, 6.07) is 11.0. The van der Waals surface area contributed by atoms with Gasteiger partial charge in [-0.3, -0.25) is 4.79 Å². The van der Waals surface area contributed by atoms with Crippen LogP contribution in [0.4, 0.5) is 4.39 Å². The van der Waals surface area contributed by atoms with Gasteiger partial charge in [-0.25, -0.2) is 12.8 Å². The number of aromatic nitrogens is 1. The molecule has 0 unspecified atom stereocenters. The maximum atomic E-state index is 13.2. The minimum Gasteiger partial charge on any atom is -0.380 e. The summed E-state index contributed by atoms with van der Waals surface area (Å²) in [4.78, 5) is 19.4. The molecule has 1 aromatic heterocycles. The highest BCUT2D eigenvalue weighted by Crippen LogP contribution is 2.26. The molecule has 1 amide bonds. The number of amides is 1. The minimum atomic E-state index is -3.72. The Labute approximate surface area is 212 Å². The molecule has 2 aromatic carbocycles. The lowest BCUT2D eigenvalue weighted by molar-refractivity contribution is -0.122. The van der Waals surface area contributed by atoms with E-state index in [0.29, 0.717) is 37.4 Å². The molecular formula is C24H28FN3O4S3. The van der Waals surface area contributed by atoms with Crippen molar-refractivity contribution in [3.63, 3.8) is 0 Å². The predicted molar refractivity (Wildman–Crippen MR) is 137 cm³/mol. The fourth-order valence-electron chi connectivity index (χ4n) is 4.07. The van der Waals surface area contributed by atoms with Gasteiger partial charge in [-0.2, -0.15) is 9.30 Å². The maximum Gasteiger partial charge on any atom is 0.251 e. The van der Waals surface area contributed by atoms with Gasteiger partial charge in [-0.15, -0.1) is 11.8 Å². The number of benzene rings is 2. The first-order valence-corrected chi connectivity index (χ1v) is 14.9. The fourth-order valence-corrected chi connectivity index (χ4v) is 7.15. The number of nitrogens with zero attached hydrogens (tertiary/aromatic N) is 3. The Balaban J connectivity index is 1.52. The Morgan fingerprint density at radius 3 is 2.57 bits per heavy atom. The smallest absolute Gasteiger partial charge is 0.251 e. The van der Waals surface area contributed by atoms with Crippen LogP contribution in [0, 0.1) is 11.7 Å². The highest BCUT2D eigenvalue weighted by atomic mass is 32.2. The summed E-state index contributed by atoms with van der Waals surface area (Å²) in [5, 5.41) is 0. The summed E-state index contributed by atoms with van der Waals surface area (Å²) in [6.45, 7) is 4.11. The fraction of sp³-hybridized carbons (Fsp3) is 0.417. The van der Waals surface area contributed by atoms with Gasteiger partial charge in [0.1, 0.15) is 5.82 Å². The summed E-state index contributed by atoms with van der Waals surface area (Å²) in [6.07, 6.45) is 2.81. The second-order valence-electron chi connectivity index (χ2n) is 8.15. The van der Waals surface area contributed by atoms with E-state index in [4.69, 9.17) is 4.74 Å². The topological polar surface area (TPSA) is 81.0 Å². The van der Waals surface area contributed by atoms with Crippen molar-refractivity contribution in [3.05, 3.63) is 53.1 Å². The summed E-state index contributed by atoms with van der Waals surface area (Å²) < 4.78 is 48.9. The largest absolute Gasteiger partial charge is 0.380 e. The van der Waals surface area contributed by atoms with Gasteiger partial charge in [0.05, 0.1) is 21.7 Å². The van der Waals surface area contributed by atoms with Crippen molar-refractivity contribution in [3.8, 4) is 0 Å². The summed E-state index contributed by atoms with van der Waals surface area (Å²) in [5.74, 6) is -1.06. The lowest BCUT2D eigenvalue weighted by Crippen LogP contribution is -2.40. The van der Waals surface area contributed by atoms with Crippen LogP contribution in [-0.4, -0.2) is 55.8 Å². The monoisotopic (exact) mass is 537 g/mol. The van der Waals surface area contributed by atoms with Crippen LogP contribution in [0.2, 0.25) is 0 Å². The van der Waals surface area contributed by atoms with Gasteiger partial charge in [0.2, 0.25) is 10.0 Å². The first kappa shape index (κ1) is 26.0. The molecule has 0 spiro atoms. The third kappa shape index (κ3) is 5.86. The summed E-state index contributed by atoms with van der Waals surface area (Å²) in [5.41, 5.74) is 1.01. The first-order valence-electron chi connectivity index (χ1n) is 11.4. The van der Waals surface area contributed by atoms with Crippen molar-refractivity contribution in [2.24, 2.45) is 10.9 Å². The molecule has 0 N–H and O–H groups in total. The van der Waals surface area contributed by atoms with E-state index in [1.807, 2.05) is 23.8 Å². The van der Waals surface area contributed by atoms with E-state index in [1.54, 1.807) is 11.8 Å². The van der Waals surface area contributed by atoms with Crippen molar-refractivity contribution in [1.82, 2.24) is 8.87 Å². The summed E-state index contributed by atoms with van der Waals surface area (Å²) in [7, 11) is -3.72. The Hall–Kier alpha value is -2.05. The Morgan fingerprint density at radius 2 is 1.91 bits per heavy atom. The van der Waals surface area contributed by atoms with E-state index in [-0.39, 0.29) is 29.8 Å². The van der Waals surface area contributed by atoms with Gasteiger partial charge in [-0.05, 0) is 68.5 Å². The number of thiazole rings is 1. The lowest BCUT2D eigenvalue weighted by Gasteiger charge is -2.29. The zero-order valence-electron chi connectivity index (χ0n) is 19.6. The third-order valence-electron chi connectivity index (χ3n) is 6.01. The Kier molecular flexibility index (Phi) is 8.43. The molecule has 35 heavy (non-hydrogen) atoms. The van der Waals surface area contributed by atoms with Gasteiger partial charge >= 0.3 is 0 Å². The van der Waals surface area contributed by atoms with E-state index >= 15 is 0 Å². The van der Waals surface area contributed by atoms with E-state index in [1.165, 1.54) is 27.8 Å². The van der Waals surface area contributed by atoms with E-state index in [0.717, 1.165) is 27.2 Å². The molecule has 1 fully saturated rings. The van der Waals surface area contributed by atoms with Crippen molar-refractivity contribution < 1.29 is 22.3 Å². The number of sulfonamides is 1. The molecule has 7 nitrogen and oxygen atoms in total. The van der Waals surface area contributed by atoms with Crippen LogP contribution in [0.1, 0.15) is 19.8 Å². The Bertz CT molecular complexity index is 1360. The molecule has 0 saturated carbocycles. The number of ether oxygens (including phenoxy) is 1. The molecule has 4 rings (SSSR count). The van der Waals surface area contributed by atoms with E-state index in [9.17, 15) is 17.6 Å². The molecule has 11 heteroatoms. The zero-order chi connectivity index (χ0) is 25.0. The first-order chi connectivity index (χ1) is 16.8. The Morgan fingerprint density at radius 1 is 1.20 bits per heavy atom. The van der Waals surface area contributed by atoms with Gasteiger partial charge in [0, 0.05) is 37.1 Å². The SMILES string of the molecule is CCOCCn1c(=NC(=O)C2CCN(S(=O)(=O)c3ccc(F)cc3)CC2)sc2cc(SC)ccc21. The van der Waals surface area contributed by atoms with Gasteiger partial charge < -0.3 is 9.30 Å². The number of carbonyl (C=O) groups is 1. The molecule has 1 saturated heterocycles. The van der Waals surface area contributed by atoms with Crippen LogP contribution < -0.4 is 4.80 Å². The quantitative estimate of drug-likeness (QED) is 0.319. The number of rotatable bonds is 8. The van der Waals surface area contributed by atoms with Gasteiger partial charge in [0.15, 0.2) is 4.80 Å². The molecular weight excluding hydrogens is 509 g/mol. The molecule has 2 heterocycles. The molecule has 1 aliphatic heterocycles. The van der Waals surface area contributed by atoms with Crippen LogP contribution in [0.5, 0.6) is 0 Å². The van der Waals surface area contributed by atoms with Crippen molar-refractivity contribution in [2.45, 2.75) is 36.1 Å². The van der Waals surface area contributed by atoms with Gasteiger partial charge in [-0.1, -0.05) is 11.3 Å². The number of piperidine rings is 1. The lowest BCUT2D eigenvalue weighted by atomic mass is 9.98. The van der Waals surface area contributed by atoms with Crippen LogP contribution in [0.25, 0.3) is 10.2 Å². The molecule has 0 atom stereocenters. The van der Waals surface area contributed by atoms with Crippen molar-refractivity contribution in [2.75, 3.05) is 32.6 Å². The number of hydrogen-bond acceptors (Lipinski definition) is 6. The standard InChI is InChI=1S/C24H28FN3O4S3/c1-3-32-15-14-28-21-9-6-19(33-2)16-22(21)34-24(28)26-23(29)17-10-12-27(13-11-17)35(30,31)20-7-4-18(25)5-8-20/h4-9,16-17H,3,10-15H2,1-2H3. The van der Waals surface area contributed by atoms with Crippen molar-refractivity contribution in [1.29, 1.82) is 0 Å². The molecule has 0 aliphatic carbocycles. The molecule has 0 bridgehead atoms. The van der Waals surface area contributed by atoms with Crippen LogP contribution in [-0.2, 0) is 26.1 Å².